The van der Waals surface area contributed by atoms with Gasteiger partial charge in [0.15, 0.2) is 5.82 Å². The number of fused-ring (bicyclic) bond motifs is 2. The van der Waals surface area contributed by atoms with Crippen LogP contribution < -0.4 is 4.90 Å². The smallest absolute Gasteiger partial charge is 0.159 e. The van der Waals surface area contributed by atoms with Crippen LogP contribution in [-0.4, -0.2) is 49.2 Å². The van der Waals surface area contributed by atoms with E-state index in [1.165, 1.54) is 0 Å². The number of aromatic amines is 2. The lowest BCUT2D eigenvalue weighted by Crippen LogP contribution is -2.08. The molecule has 6 aromatic rings. The first-order valence-electron chi connectivity index (χ1n) is 10.5. The summed E-state index contributed by atoms with van der Waals surface area (Å²) < 4.78 is 0. The number of H-pyrrole nitrogens is 2. The Balaban J connectivity index is 1.48. The summed E-state index contributed by atoms with van der Waals surface area (Å²) in [6.07, 6.45) is 9.07. The van der Waals surface area contributed by atoms with Crippen LogP contribution in [-0.2, 0) is 0 Å². The van der Waals surface area contributed by atoms with Crippen molar-refractivity contribution in [3.8, 4) is 33.9 Å². The van der Waals surface area contributed by atoms with E-state index < -0.39 is 0 Å². The lowest BCUT2D eigenvalue weighted by molar-refractivity contribution is 1.10. The molecular weight excluding hydrogens is 412 g/mol. The first kappa shape index (κ1) is 19.1. The van der Waals surface area contributed by atoms with Crippen molar-refractivity contribution in [3.05, 3.63) is 73.4 Å². The fourth-order valence-electron chi connectivity index (χ4n) is 3.97. The zero-order valence-corrected chi connectivity index (χ0v) is 18.1. The molecule has 0 fully saturated rings. The maximum atomic E-state index is 4.92. The van der Waals surface area contributed by atoms with Gasteiger partial charge in [0.1, 0.15) is 5.69 Å². The van der Waals surface area contributed by atoms with Crippen LogP contribution >= 0.6 is 0 Å². The summed E-state index contributed by atoms with van der Waals surface area (Å²) in [4.78, 5) is 23.6. The Morgan fingerprint density at radius 1 is 0.848 bits per heavy atom. The lowest BCUT2D eigenvalue weighted by Gasteiger charge is -2.12. The number of benzene rings is 1. The molecule has 6 rings (SSSR count). The second-order valence-electron chi connectivity index (χ2n) is 8.04. The Labute approximate surface area is 189 Å². The van der Waals surface area contributed by atoms with Gasteiger partial charge in [0.25, 0.3) is 0 Å². The fraction of sp³-hybridized carbons (Fsp3) is 0.0800. The third-order valence-electron chi connectivity index (χ3n) is 5.69. The molecule has 5 heterocycles. The molecule has 0 aliphatic rings. The van der Waals surface area contributed by atoms with Crippen LogP contribution in [0.25, 0.3) is 55.8 Å². The maximum absolute atomic E-state index is 4.92. The van der Waals surface area contributed by atoms with Crippen molar-refractivity contribution in [3.63, 3.8) is 0 Å². The minimum atomic E-state index is 0.699. The van der Waals surface area contributed by atoms with Gasteiger partial charge in [-0.2, -0.15) is 5.10 Å². The molecule has 1 aromatic carbocycles. The van der Waals surface area contributed by atoms with Crippen LogP contribution in [0.4, 0.5) is 5.69 Å². The largest absolute Gasteiger partial charge is 0.376 e. The monoisotopic (exact) mass is 432 g/mol. The molecule has 0 saturated heterocycles. The molecule has 0 saturated carbocycles. The molecule has 0 unspecified atom stereocenters. The summed E-state index contributed by atoms with van der Waals surface area (Å²) in [6.45, 7) is 0. The van der Waals surface area contributed by atoms with Crippen molar-refractivity contribution in [1.29, 1.82) is 0 Å². The van der Waals surface area contributed by atoms with E-state index in [1.807, 2.05) is 67.9 Å². The van der Waals surface area contributed by atoms with Crippen molar-refractivity contribution >= 4 is 27.6 Å². The highest BCUT2D eigenvalue weighted by atomic mass is 15.1. The number of anilines is 1. The Kier molecular flexibility index (Phi) is 4.36. The van der Waals surface area contributed by atoms with E-state index in [4.69, 9.17) is 4.98 Å². The van der Waals surface area contributed by atoms with Crippen LogP contribution in [0, 0.1) is 0 Å². The molecule has 0 spiro atoms. The minimum absolute atomic E-state index is 0.699. The molecule has 160 valence electrons. The number of hydrogen-bond donors (Lipinski definition) is 2. The van der Waals surface area contributed by atoms with Crippen molar-refractivity contribution in [2.24, 2.45) is 0 Å². The SMILES string of the molecule is CN(C)c1cncc(-c2cc3c(-c4nc5c(-c6cccnc6)cccc5[nH]4)n[nH]c3cn2)c1. The quantitative estimate of drug-likeness (QED) is 0.419. The Morgan fingerprint density at radius 2 is 1.76 bits per heavy atom. The third-order valence-corrected chi connectivity index (χ3v) is 5.69. The topological polar surface area (TPSA) is 99.3 Å². The number of aromatic nitrogens is 7. The Morgan fingerprint density at radius 3 is 2.61 bits per heavy atom. The number of imidazole rings is 1. The number of hydrogen-bond acceptors (Lipinski definition) is 6. The summed E-state index contributed by atoms with van der Waals surface area (Å²) in [7, 11) is 3.99. The van der Waals surface area contributed by atoms with E-state index in [-0.39, 0.29) is 0 Å². The van der Waals surface area contributed by atoms with Crippen LogP contribution in [0.3, 0.4) is 0 Å². The normalized spacial score (nSPS) is 11.3. The van der Waals surface area contributed by atoms with Gasteiger partial charge < -0.3 is 9.88 Å². The van der Waals surface area contributed by atoms with Gasteiger partial charge in [0.2, 0.25) is 0 Å². The van der Waals surface area contributed by atoms with Gasteiger partial charge in [-0.25, -0.2) is 4.98 Å². The number of nitrogens with one attached hydrogen (secondary N) is 2. The first-order valence-corrected chi connectivity index (χ1v) is 10.5. The average Bonchev–Trinajstić information content (AvgIpc) is 3.48. The highest BCUT2D eigenvalue weighted by molar-refractivity contribution is 5.97. The van der Waals surface area contributed by atoms with E-state index in [0.717, 1.165) is 55.7 Å². The summed E-state index contributed by atoms with van der Waals surface area (Å²) in [5.41, 5.74) is 8.25. The van der Waals surface area contributed by atoms with Gasteiger partial charge in [-0.1, -0.05) is 18.2 Å². The van der Waals surface area contributed by atoms with Crippen LogP contribution in [0.15, 0.2) is 73.4 Å². The number of nitrogens with zero attached hydrogens (tertiary/aromatic N) is 6. The highest BCUT2D eigenvalue weighted by Gasteiger charge is 2.16. The molecule has 8 heteroatoms. The van der Waals surface area contributed by atoms with E-state index in [0.29, 0.717) is 5.82 Å². The summed E-state index contributed by atoms with van der Waals surface area (Å²) in [5.74, 6) is 0.699. The second kappa shape index (κ2) is 7.52. The zero-order valence-electron chi connectivity index (χ0n) is 18.1. The minimum Gasteiger partial charge on any atom is -0.376 e. The standard InChI is InChI=1S/C25H20N8/c1-33(2)17-9-16(12-27-13-17)21-10-19-22(14-28-21)31-32-24(19)25-29-20-7-3-6-18(23(20)30-25)15-5-4-8-26-11-15/h3-14H,1-2H3,(H,29,30)(H,31,32). The number of pyridine rings is 3. The Bertz CT molecular complexity index is 1600. The predicted octanol–water partition coefficient (Wildman–Crippen LogP) is 4.69. The van der Waals surface area contributed by atoms with Gasteiger partial charge in [0.05, 0.1) is 40.3 Å². The van der Waals surface area contributed by atoms with Crippen LogP contribution in [0.5, 0.6) is 0 Å². The van der Waals surface area contributed by atoms with E-state index in [9.17, 15) is 0 Å². The zero-order chi connectivity index (χ0) is 22.4. The van der Waals surface area contributed by atoms with Crippen LogP contribution in [0.2, 0.25) is 0 Å². The summed E-state index contributed by atoms with van der Waals surface area (Å²) in [5, 5.41) is 8.57. The lowest BCUT2D eigenvalue weighted by atomic mass is 10.1. The van der Waals surface area contributed by atoms with E-state index in [2.05, 4.69) is 42.3 Å². The molecule has 8 nitrogen and oxygen atoms in total. The van der Waals surface area contributed by atoms with Gasteiger partial charge in [-0.05, 0) is 24.3 Å². The molecule has 0 atom stereocenters. The second-order valence-corrected chi connectivity index (χ2v) is 8.04. The molecule has 5 aromatic heterocycles. The molecule has 0 amide bonds. The summed E-state index contributed by atoms with van der Waals surface area (Å²) in [6, 6.07) is 14.2. The van der Waals surface area contributed by atoms with Crippen molar-refractivity contribution in [1.82, 2.24) is 35.1 Å². The maximum Gasteiger partial charge on any atom is 0.159 e. The molecule has 0 aliphatic carbocycles. The Hall–Kier alpha value is -4.59. The predicted molar refractivity (Wildman–Crippen MR) is 130 cm³/mol. The first-order chi connectivity index (χ1) is 16.2. The highest BCUT2D eigenvalue weighted by Crippen LogP contribution is 2.32. The molecule has 0 radical (unpaired) electrons. The average molecular weight is 432 g/mol. The number of para-hydroxylation sites is 1. The molecule has 0 aliphatic heterocycles. The van der Waals surface area contributed by atoms with Gasteiger partial charge >= 0.3 is 0 Å². The third kappa shape index (κ3) is 3.28. The van der Waals surface area contributed by atoms with Crippen molar-refractivity contribution in [2.45, 2.75) is 0 Å². The van der Waals surface area contributed by atoms with Gasteiger partial charge in [0, 0.05) is 54.8 Å². The van der Waals surface area contributed by atoms with E-state index in [1.54, 1.807) is 12.4 Å². The summed E-state index contributed by atoms with van der Waals surface area (Å²) >= 11 is 0. The van der Waals surface area contributed by atoms with Crippen molar-refractivity contribution < 1.29 is 0 Å². The molecule has 2 N–H and O–H groups in total. The molecule has 0 bridgehead atoms. The fourth-order valence-corrected chi connectivity index (χ4v) is 3.97. The van der Waals surface area contributed by atoms with E-state index >= 15 is 0 Å². The molecule has 33 heavy (non-hydrogen) atoms. The molecular formula is C25H20N8. The van der Waals surface area contributed by atoms with Crippen molar-refractivity contribution in [2.75, 3.05) is 19.0 Å². The number of rotatable bonds is 4. The van der Waals surface area contributed by atoms with Gasteiger partial charge in [-0.15, -0.1) is 0 Å². The van der Waals surface area contributed by atoms with Crippen LogP contribution in [0.1, 0.15) is 0 Å². The van der Waals surface area contributed by atoms with Gasteiger partial charge in [-0.3, -0.25) is 20.1 Å².